The zero-order valence-electron chi connectivity index (χ0n) is 11.7. The van der Waals surface area contributed by atoms with E-state index in [-0.39, 0.29) is 17.3 Å². The summed E-state index contributed by atoms with van der Waals surface area (Å²) in [5.41, 5.74) is 0.678. The van der Waals surface area contributed by atoms with Crippen LogP contribution in [-0.2, 0) is 11.2 Å². The predicted molar refractivity (Wildman–Crippen MR) is 73.4 cm³/mol. The Balaban J connectivity index is 2.07. The van der Waals surface area contributed by atoms with Gasteiger partial charge in [-0.1, -0.05) is 12.1 Å². The molecule has 1 unspecified atom stereocenters. The third kappa shape index (κ3) is 3.32. The molecule has 0 bridgehead atoms. The van der Waals surface area contributed by atoms with Gasteiger partial charge in [0.05, 0.1) is 6.42 Å². The molecular formula is C15H21FN2O. The number of carbonyl (C=O) groups is 1. The molecule has 4 heteroatoms. The highest BCUT2D eigenvalue weighted by molar-refractivity contribution is 5.79. The standard InChI is InChI=1S/C15H21FN2O/c1-11-9-18(15(2,3)10-17-11)14(19)8-12-4-6-13(16)7-5-12/h4-7,11,17H,8-10H2,1-3H3. The molecule has 0 spiro atoms. The van der Waals surface area contributed by atoms with Crippen molar-refractivity contribution in [3.05, 3.63) is 35.6 Å². The maximum atomic E-state index is 12.8. The molecule has 0 saturated carbocycles. The number of carbonyl (C=O) groups excluding carboxylic acids is 1. The third-order valence-corrected chi connectivity index (χ3v) is 3.64. The summed E-state index contributed by atoms with van der Waals surface area (Å²) in [6.07, 6.45) is 0.330. The molecule has 2 rings (SSSR count). The summed E-state index contributed by atoms with van der Waals surface area (Å²) in [6.45, 7) is 7.71. The fraction of sp³-hybridized carbons (Fsp3) is 0.533. The third-order valence-electron chi connectivity index (χ3n) is 3.64. The Labute approximate surface area is 113 Å². The second kappa shape index (κ2) is 5.29. The minimum Gasteiger partial charge on any atom is -0.334 e. The summed E-state index contributed by atoms with van der Waals surface area (Å²) in [4.78, 5) is 14.3. The van der Waals surface area contributed by atoms with Crippen LogP contribution in [0.25, 0.3) is 0 Å². The fourth-order valence-corrected chi connectivity index (χ4v) is 2.42. The summed E-state index contributed by atoms with van der Waals surface area (Å²) in [7, 11) is 0. The second-order valence-corrected chi connectivity index (χ2v) is 5.90. The van der Waals surface area contributed by atoms with Gasteiger partial charge in [0.2, 0.25) is 5.91 Å². The van der Waals surface area contributed by atoms with E-state index < -0.39 is 0 Å². The van der Waals surface area contributed by atoms with E-state index in [0.717, 1.165) is 12.1 Å². The number of nitrogens with one attached hydrogen (secondary N) is 1. The summed E-state index contributed by atoms with van der Waals surface area (Å²) in [6, 6.07) is 6.45. The summed E-state index contributed by atoms with van der Waals surface area (Å²) < 4.78 is 12.8. The SMILES string of the molecule is CC1CN(C(=O)Cc2ccc(F)cc2)C(C)(C)CN1. The molecule has 1 saturated heterocycles. The first-order valence-electron chi connectivity index (χ1n) is 6.67. The van der Waals surface area contributed by atoms with Crippen molar-refractivity contribution in [2.45, 2.75) is 38.8 Å². The number of hydrogen-bond acceptors (Lipinski definition) is 2. The molecule has 3 nitrogen and oxygen atoms in total. The Morgan fingerprint density at radius 3 is 2.68 bits per heavy atom. The molecule has 1 atom stereocenters. The largest absolute Gasteiger partial charge is 0.334 e. The first-order chi connectivity index (χ1) is 8.88. The van der Waals surface area contributed by atoms with Crippen molar-refractivity contribution in [1.82, 2.24) is 10.2 Å². The van der Waals surface area contributed by atoms with Crippen molar-refractivity contribution >= 4 is 5.91 Å². The molecule has 104 valence electrons. The Morgan fingerprint density at radius 1 is 1.42 bits per heavy atom. The lowest BCUT2D eigenvalue weighted by Gasteiger charge is -2.45. The van der Waals surface area contributed by atoms with Gasteiger partial charge >= 0.3 is 0 Å². The highest BCUT2D eigenvalue weighted by Crippen LogP contribution is 2.20. The smallest absolute Gasteiger partial charge is 0.227 e. The average molecular weight is 264 g/mol. The summed E-state index contributed by atoms with van der Waals surface area (Å²) >= 11 is 0. The Bertz CT molecular complexity index is 456. The molecule has 0 aromatic heterocycles. The van der Waals surface area contributed by atoms with Gasteiger partial charge in [-0.15, -0.1) is 0 Å². The molecule has 1 aliphatic heterocycles. The minimum atomic E-state index is -0.271. The number of amides is 1. The second-order valence-electron chi connectivity index (χ2n) is 5.90. The highest BCUT2D eigenvalue weighted by atomic mass is 19.1. The van der Waals surface area contributed by atoms with Crippen LogP contribution in [0, 0.1) is 5.82 Å². The molecule has 19 heavy (non-hydrogen) atoms. The number of nitrogens with zero attached hydrogens (tertiary/aromatic N) is 1. The lowest BCUT2D eigenvalue weighted by atomic mass is 9.96. The Kier molecular flexibility index (Phi) is 3.90. The van der Waals surface area contributed by atoms with Gasteiger partial charge in [0.25, 0.3) is 0 Å². The maximum absolute atomic E-state index is 12.8. The zero-order valence-corrected chi connectivity index (χ0v) is 11.7. The molecule has 0 radical (unpaired) electrons. The van der Waals surface area contributed by atoms with Crippen LogP contribution in [0.3, 0.4) is 0 Å². The van der Waals surface area contributed by atoms with E-state index >= 15 is 0 Å². The molecule has 1 aromatic carbocycles. The first kappa shape index (κ1) is 14.0. The Hall–Kier alpha value is -1.42. The van der Waals surface area contributed by atoms with Crippen molar-refractivity contribution in [1.29, 1.82) is 0 Å². The fourth-order valence-electron chi connectivity index (χ4n) is 2.42. The topological polar surface area (TPSA) is 32.3 Å². The van der Waals surface area contributed by atoms with Crippen molar-refractivity contribution < 1.29 is 9.18 Å². The molecule has 0 aliphatic carbocycles. The van der Waals surface area contributed by atoms with Crippen LogP contribution < -0.4 is 5.32 Å². The normalized spacial score (nSPS) is 22.3. The minimum absolute atomic E-state index is 0.102. The molecule has 1 heterocycles. The van der Waals surface area contributed by atoms with Gasteiger partial charge in [0.15, 0.2) is 0 Å². The van der Waals surface area contributed by atoms with Crippen LogP contribution in [0.4, 0.5) is 4.39 Å². The quantitative estimate of drug-likeness (QED) is 0.885. The lowest BCUT2D eigenvalue weighted by Crippen LogP contribution is -2.63. The van der Waals surface area contributed by atoms with Gasteiger partial charge < -0.3 is 10.2 Å². The number of rotatable bonds is 2. The van der Waals surface area contributed by atoms with Crippen molar-refractivity contribution in [3.8, 4) is 0 Å². The maximum Gasteiger partial charge on any atom is 0.227 e. The number of hydrogen-bond donors (Lipinski definition) is 1. The molecule has 1 aliphatic rings. The van der Waals surface area contributed by atoms with Gasteiger partial charge in [-0.25, -0.2) is 4.39 Å². The van der Waals surface area contributed by atoms with E-state index in [1.165, 1.54) is 12.1 Å². The van der Waals surface area contributed by atoms with Gasteiger partial charge in [-0.3, -0.25) is 4.79 Å². The first-order valence-corrected chi connectivity index (χ1v) is 6.67. The van der Waals surface area contributed by atoms with E-state index in [9.17, 15) is 9.18 Å². The Morgan fingerprint density at radius 2 is 2.05 bits per heavy atom. The summed E-state index contributed by atoms with van der Waals surface area (Å²) in [5.74, 6) is -0.169. The van der Waals surface area contributed by atoms with Crippen molar-refractivity contribution in [3.63, 3.8) is 0 Å². The zero-order chi connectivity index (χ0) is 14.0. The molecule has 1 amide bonds. The number of benzene rings is 1. The molecular weight excluding hydrogens is 243 g/mol. The average Bonchev–Trinajstić information content (AvgIpc) is 2.35. The van der Waals surface area contributed by atoms with Crippen molar-refractivity contribution in [2.75, 3.05) is 13.1 Å². The number of piperazine rings is 1. The van der Waals surface area contributed by atoms with Gasteiger partial charge in [0, 0.05) is 24.7 Å². The highest BCUT2D eigenvalue weighted by Gasteiger charge is 2.35. The lowest BCUT2D eigenvalue weighted by molar-refractivity contribution is -0.137. The monoisotopic (exact) mass is 264 g/mol. The molecule has 1 N–H and O–H groups in total. The van der Waals surface area contributed by atoms with Crippen LogP contribution in [0.5, 0.6) is 0 Å². The van der Waals surface area contributed by atoms with E-state index in [0.29, 0.717) is 19.0 Å². The van der Waals surface area contributed by atoms with E-state index in [2.05, 4.69) is 26.1 Å². The van der Waals surface area contributed by atoms with Crippen molar-refractivity contribution in [2.24, 2.45) is 0 Å². The molecule has 1 aromatic rings. The predicted octanol–water partition coefficient (Wildman–Crippen LogP) is 1.97. The molecule has 1 fully saturated rings. The van der Waals surface area contributed by atoms with E-state index in [1.807, 2.05) is 4.90 Å². The van der Waals surface area contributed by atoms with Gasteiger partial charge in [-0.05, 0) is 38.5 Å². The van der Waals surface area contributed by atoms with Crippen LogP contribution in [-0.4, -0.2) is 35.5 Å². The van der Waals surface area contributed by atoms with Crippen LogP contribution in [0.2, 0.25) is 0 Å². The van der Waals surface area contributed by atoms with Crippen LogP contribution >= 0.6 is 0 Å². The summed E-state index contributed by atoms with van der Waals surface area (Å²) in [5, 5.41) is 3.38. The van der Waals surface area contributed by atoms with E-state index in [4.69, 9.17) is 0 Å². The van der Waals surface area contributed by atoms with Crippen LogP contribution in [0.1, 0.15) is 26.3 Å². The van der Waals surface area contributed by atoms with Crippen LogP contribution in [0.15, 0.2) is 24.3 Å². The number of halogens is 1. The van der Waals surface area contributed by atoms with Gasteiger partial charge in [-0.2, -0.15) is 0 Å². The van der Waals surface area contributed by atoms with Gasteiger partial charge in [0.1, 0.15) is 5.82 Å². The van der Waals surface area contributed by atoms with E-state index in [1.54, 1.807) is 12.1 Å².